The fraction of sp³-hybridized carbons (Fsp3) is 0.321. The minimum atomic E-state index is -3.99. The van der Waals surface area contributed by atoms with E-state index >= 15 is 0 Å². The Morgan fingerprint density at radius 2 is 1.71 bits per heavy atom. The average molecular weight is 511 g/mol. The van der Waals surface area contributed by atoms with Crippen LogP contribution in [0, 0.1) is 6.92 Å². The molecular formula is C28H31ClN2O3S. The predicted molar refractivity (Wildman–Crippen MR) is 141 cm³/mol. The lowest BCUT2D eigenvalue weighted by atomic mass is 9.89. The normalized spacial score (nSPS) is 14.1. The number of nitrogens with zero attached hydrogens (tertiary/aromatic N) is 1. The van der Waals surface area contributed by atoms with Crippen molar-refractivity contribution < 1.29 is 13.2 Å². The molecule has 0 bridgehead atoms. The van der Waals surface area contributed by atoms with Crippen molar-refractivity contribution in [2.75, 3.05) is 10.8 Å². The highest BCUT2D eigenvalue weighted by molar-refractivity contribution is 7.92. The van der Waals surface area contributed by atoms with Crippen molar-refractivity contribution >= 4 is 33.2 Å². The number of fused-ring (bicyclic) bond motifs is 1. The second-order valence-electron chi connectivity index (χ2n) is 8.97. The monoisotopic (exact) mass is 510 g/mol. The Labute approximate surface area is 213 Å². The van der Waals surface area contributed by atoms with Gasteiger partial charge in [-0.05, 0) is 85.5 Å². The van der Waals surface area contributed by atoms with Gasteiger partial charge in [0.1, 0.15) is 6.54 Å². The van der Waals surface area contributed by atoms with E-state index in [1.807, 2.05) is 6.92 Å². The van der Waals surface area contributed by atoms with Crippen LogP contribution in [-0.4, -0.2) is 20.9 Å². The van der Waals surface area contributed by atoms with E-state index in [2.05, 4.69) is 23.5 Å². The largest absolute Gasteiger partial charge is 0.348 e. The van der Waals surface area contributed by atoms with Crippen molar-refractivity contribution in [3.05, 3.63) is 94.0 Å². The van der Waals surface area contributed by atoms with Gasteiger partial charge in [0.25, 0.3) is 10.0 Å². The van der Waals surface area contributed by atoms with Gasteiger partial charge in [0.15, 0.2) is 0 Å². The number of amides is 1. The SMILES string of the molecule is CCC(NC(=O)CN(c1cccc(Cl)c1C)S(=O)(=O)c1ccccc1)c1ccc2c(c1)CCCC2. The maximum Gasteiger partial charge on any atom is 0.264 e. The van der Waals surface area contributed by atoms with Crippen molar-refractivity contribution in [1.82, 2.24) is 5.32 Å². The molecular weight excluding hydrogens is 480 g/mol. The van der Waals surface area contributed by atoms with Crippen LogP contribution >= 0.6 is 11.6 Å². The number of nitrogens with one attached hydrogen (secondary N) is 1. The van der Waals surface area contributed by atoms with Crippen LogP contribution in [0.2, 0.25) is 5.02 Å². The lowest BCUT2D eigenvalue weighted by Gasteiger charge is -2.27. The second kappa shape index (κ2) is 10.8. The highest BCUT2D eigenvalue weighted by Gasteiger charge is 2.29. The fourth-order valence-corrected chi connectivity index (χ4v) is 6.32. The molecule has 0 aliphatic heterocycles. The quantitative estimate of drug-likeness (QED) is 0.404. The molecule has 1 aliphatic rings. The summed E-state index contributed by atoms with van der Waals surface area (Å²) in [5, 5.41) is 3.51. The number of hydrogen-bond acceptors (Lipinski definition) is 3. The molecule has 0 heterocycles. The number of aryl methyl sites for hydroxylation is 2. The minimum Gasteiger partial charge on any atom is -0.348 e. The number of rotatable bonds is 8. The van der Waals surface area contributed by atoms with E-state index in [1.54, 1.807) is 43.3 Å². The molecule has 3 aromatic carbocycles. The Bertz CT molecular complexity index is 1310. The maximum atomic E-state index is 13.6. The van der Waals surface area contributed by atoms with Crippen LogP contribution in [0.4, 0.5) is 5.69 Å². The third kappa shape index (κ3) is 5.54. The van der Waals surface area contributed by atoms with Gasteiger partial charge in [0.05, 0.1) is 16.6 Å². The molecule has 0 fully saturated rings. The molecule has 0 spiro atoms. The van der Waals surface area contributed by atoms with Crippen LogP contribution in [0.15, 0.2) is 71.6 Å². The molecule has 5 nitrogen and oxygen atoms in total. The number of carbonyl (C=O) groups is 1. The van der Waals surface area contributed by atoms with Crippen molar-refractivity contribution in [3.63, 3.8) is 0 Å². The summed E-state index contributed by atoms with van der Waals surface area (Å²) in [7, 11) is -3.99. The van der Waals surface area contributed by atoms with Gasteiger partial charge in [0.2, 0.25) is 5.91 Å². The first-order chi connectivity index (χ1) is 16.8. The lowest BCUT2D eigenvalue weighted by Crippen LogP contribution is -2.42. The number of halogens is 1. The molecule has 0 saturated carbocycles. The Morgan fingerprint density at radius 1 is 1.00 bits per heavy atom. The predicted octanol–water partition coefficient (Wildman–Crippen LogP) is 5.99. The number of anilines is 1. The fourth-order valence-electron chi connectivity index (χ4n) is 4.65. The van der Waals surface area contributed by atoms with E-state index in [0.717, 1.165) is 22.7 Å². The molecule has 1 N–H and O–H groups in total. The van der Waals surface area contributed by atoms with Crippen molar-refractivity contribution in [1.29, 1.82) is 0 Å². The van der Waals surface area contributed by atoms with Gasteiger partial charge < -0.3 is 5.32 Å². The second-order valence-corrected chi connectivity index (χ2v) is 11.2. The average Bonchev–Trinajstić information content (AvgIpc) is 2.88. The van der Waals surface area contributed by atoms with Gasteiger partial charge in [0, 0.05) is 5.02 Å². The third-order valence-corrected chi connectivity index (χ3v) is 8.83. The molecule has 1 amide bonds. The third-order valence-electron chi connectivity index (χ3n) is 6.64. The molecule has 4 rings (SSSR count). The van der Waals surface area contributed by atoms with E-state index in [1.165, 1.54) is 36.1 Å². The zero-order valence-corrected chi connectivity index (χ0v) is 21.7. The highest BCUT2D eigenvalue weighted by atomic mass is 35.5. The maximum absolute atomic E-state index is 13.6. The van der Waals surface area contributed by atoms with E-state index in [-0.39, 0.29) is 23.4 Å². The van der Waals surface area contributed by atoms with Gasteiger partial charge in [-0.2, -0.15) is 0 Å². The first-order valence-corrected chi connectivity index (χ1v) is 13.9. The summed E-state index contributed by atoms with van der Waals surface area (Å²) in [6.07, 6.45) is 5.26. The topological polar surface area (TPSA) is 66.5 Å². The van der Waals surface area contributed by atoms with Gasteiger partial charge in [-0.25, -0.2) is 8.42 Å². The summed E-state index contributed by atoms with van der Waals surface area (Å²) in [5.41, 5.74) is 4.78. The Kier molecular flexibility index (Phi) is 7.82. The van der Waals surface area contributed by atoms with Gasteiger partial charge in [-0.1, -0.05) is 61.0 Å². The number of carbonyl (C=O) groups excluding carboxylic acids is 1. The van der Waals surface area contributed by atoms with Crippen LogP contribution in [0.25, 0.3) is 0 Å². The molecule has 0 saturated heterocycles. The van der Waals surface area contributed by atoms with Gasteiger partial charge in [-0.3, -0.25) is 9.10 Å². The molecule has 0 aromatic heterocycles. The van der Waals surface area contributed by atoms with Crippen LogP contribution in [-0.2, 0) is 27.7 Å². The van der Waals surface area contributed by atoms with Crippen LogP contribution in [0.5, 0.6) is 0 Å². The van der Waals surface area contributed by atoms with E-state index in [4.69, 9.17) is 11.6 Å². The summed E-state index contributed by atoms with van der Waals surface area (Å²) < 4.78 is 28.4. The zero-order chi connectivity index (χ0) is 25.0. The van der Waals surface area contributed by atoms with Crippen molar-refractivity contribution in [2.24, 2.45) is 0 Å². The molecule has 7 heteroatoms. The van der Waals surface area contributed by atoms with Crippen molar-refractivity contribution in [3.8, 4) is 0 Å². The Balaban J connectivity index is 1.62. The Hall–Kier alpha value is -2.83. The first kappa shape index (κ1) is 25.3. The summed E-state index contributed by atoms with van der Waals surface area (Å²) >= 11 is 6.31. The van der Waals surface area contributed by atoms with E-state index in [0.29, 0.717) is 22.7 Å². The standard InChI is InChI=1S/C28H31ClN2O3S/c1-3-26(23-17-16-21-10-7-8-11-22(21)18-23)30-28(32)19-31(27-15-9-14-25(29)20(27)2)35(33,34)24-12-5-4-6-13-24/h4-6,9,12-18,26H,3,7-8,10-11,19H2,1-2H3,(H,30,32). The zero-order valence-electron chi connectivity index (χ0n) is 20.1. The van der Waals surface area contributed by atoms with E-state index < -0.39 is 10.0 Å². The van der Waals surface area contributed by atoms with Crippen LogP contribution < -0.4 is 9.62 Å². The van der Waals surface area contributed by atoms with Crippen LogP contribution in [0.3, 0.4) is 0 Å². The Morgan fingerprint density at radius 3 is 2.43 bits per heavy atom. The van der Waals surface area contributed by atoms with Gasteiger partial charge in [-0.15, -0.1) is 0 Å². The van der Waals surface area contributed by atoms with Crippen molar-refractivity contribution in [2.45, 2.75) is 56.9 Å². The number of hydrogen-bond donors (Lipinski definition) is 1. The molecule has 1 aliphatic carbocycles. The molecule has 3 aromatic rings. The van der Waals surface area contributed by atoms with E-state index in [9.17, 15) is 13.2 Å². The molecule has 1 atom stereocenters. The molecule has 1 unspecified atom stereocenters. The summed E-state index contributed by atoms with van der Waals surface area (Å²) in [6, 6.07) is 19.5. The smallest absolute Gasteiger partial charge is 0.264 e. The molecule has 184 valence electrons. The summed E-state index contributed by atoms with van der Waals surface area (Å²) in [6.45, 7) is 3.43. The number of benzene rings is 3. The van der Waals surface area contributed by atoms with Gasteiger partial charge >= 0.3 is 0 Å². The highest BCUT2D eigenvalue weighted by Crippen LogP contribution is 2.31. The lowest BCUT2D eigenvalue weighted by molar-refractivity contribution is -0.120. The van der Waals surface area contributed by atoms with Crippen LogP contribution in [0.1, 0.15) is 54.5 Å². The minimum absolute atomic E-state index is 0.119. The summed E-state index contributed by atoms with van der Waals surface area (Å²) in [4.78, 5) is 13.4. The molecule has 0 radical (unpaired) electrons. The molecule has 35 heavy (non-hydrogen) atoms. The number of sulfonamides is 1. The first-order valence-electron chi connectivity index (χ1n) is 12.0. The summed E-state index contributed by atoms with van der Waals surface area (Å²) in [5.74, 6) is -0.367.